The van der Waals surface area contributed by atoms with Gasteiger partial charge < -0.3 is 19.9 Å². The zero-order chi connectivity index (χ0) is 27.7. The molecule has 0 unspecified atom stereocenters. The number of hydrogen-bond donors (Lipinski definition) is 2. The van der Waals surface area contributed by atoms with Crippen LogP contribution in [0.4, 0.5) is 18.0 Å². The van der Waals surface area contributed by atoms with E-state index in [-0.39, 0.29) is 37.0 Å². The van der Waals surface area contributed by atoms with Crippen molar-refractivity contribution in [3.05, 3.63) is 54.2 Å². The van der Waals surface area contributed by atoms with E-state index in [1.54, 1.807) is 19.2 Å². The molecule has 0 saturated carbocycles. The Morgan fingerprint density at radius 3 is 2.77 bits per heavy atom. The molecule has 4 heterocycles. The van der Waals surface area contributed by atoms with Gasteiger partial charge in [0.2, 0.25) is 0 Å². The first-order valence-corrected chi connectivity index (χ1v) is 12.3. The predicted molar refractivity (Wildman–Crippen MR) is 136 cm³/mol. The maximum atomic E-state index is 14.3. The standard InChI is InChI=1S/C26H27F3N6O4/c1-15(14-38-2)39-20-5-3-4-16-6-8-19(31-22(16)20)24-33-32-21-9-7-17(12-35(21)24)23(26(27,28)29)34-11-10-18(13-34)30-25(36)37/h3-9,12,15,18,23,30H,10-11,13-14H2,1-2H3,(H,36,37)/t15-,18+,23-/m1/s1. The van der Waals surface area contributed by atoms with E-state index < -0.39 is 24.4 Å². The molecule has 1 aromatic carbocycles. The summed E-state index contributed by atoms with van der Waals surface area (Å²) in [5.41, 5.74) is 1.35. The third kappa shape index (κ3) is 5.59. The minimum absolute atomic E-state index is 0.00905. The number of carbonyl (C=O) groups is 1. The predicted octanol–water partition coefficient (Wildman–Crippen LogP) is 4.30. The van der Waals surface area contributed by atoms with E-state index in [1.165, 1.54) is 27.6 Å². The van der Waals surface area contributed by atoms with Crippen molar-refractivity contribution in [1.29, 1.82) is 0 Å². The molecule has 13 heteroatoms. The average molecular weight is 545 g/mol. The van der Waals surface area contributed by atoms with Gasteiger partial charge in [-0.25, -0.2) is 9.78 Å². The van der Waals surface area contributed by atoms with Crippen molar-refractivity contribution in [2.24, 2.45) is 0 Å². The van der Waals surface area contributed by atoms with E-state index >= 15 is 0 Å². The van der Waals surface area contributed by atoms with Crippen LogP contribution in [-0.2, 0) is 4.74 Å². The number of ether oxygens (including phenoxy) is 2. The highest BCUT2D eigenvalue weighted by Gasteiger charge is 2.47. The molecule has 39 heavy (non-hydrogen) atoms. The molecule has 4 aromatic rings. The normalized spacial score (nSPS) is 17.9. The van der Waals surface area contributed by atoms with Crippen LogP contribution in [0.1, 0.15) is 24.9 Å². The molecule has 1 fully saturated rings. The van der Waals surface area contributed by atoms with Crippen LogP contribution >= 0.6 is 0 Å². The van der Waals surface area contributed by atoms with Gasteiger partial charge in [-0.1, -0.05) is 24.3 Å². The molecular formula is C26H27F3N6O4. The lowest BCUT2D eigenvalue weighted by atomic mass is 10.1. The lowest BCUT2D eigenvalue weighted by Crippen LogP contribution is -2.40. The second kappa shape index (κ2) is 10.7. The molecule has 0 spiro atoms. The van der Waals surface area contributed by atoms with Gasteiger partial charge in [0.05, 0.1) is 6.61 Å². The summed E-state index contributed by atoms with van der Waals surface area (Å²) in [6.45, 7) is 2.30. The van der Waals surface area contributed by atoms with Crippen LogP contribution in [-0.4, -0.2) is 80.8 Å². The van der Waals surface area contributed by atoms with Crippen molar-refractivity contribution in [2.75, 3.05) is 26.8 Å². The fourth-order valence-electron chi connectivity index (χ4n) is 4.99. The fraction of sp³-hybridized carbons (Fsp3) is 0.385. The third-order valence-corrected chi connectivity index (χ3v) is 6.61. The molecule has 1 aliphatic heterocycles. The zero-order valence-electron chi connectivity index (χ0n) is 21.2. The molecule has 5 rings (SSSR count). The number of nitrogens with one attached hydrogen (secondary N) is 1. The summed E-state index contributed by atoms with van der Waals surface area (Å²) in [6, 6.07) is 9.46. The number of carboxylic acid groups (broad SMARTS) is 1. The number of rotatable bonds is 8. The Hall–Kier alpha value is -3.97. The van der Waals surface area contributed by atoms with Gasteiger partial charge in [0, 0.05) is 37.8 Å². The highest BCUT2D eigenvalue weighted by Crippen LogP contribution is 2.40. The minimum Gasteiger partial charge on any atom is -0.486 e. The molecule has 1 aliphatic rings. The highest BCUT2D eigenvalue weighted by molar-refractivity contribution is 5.86. The van der Waals surface area contributed by atoms with Gasteiger partial charge in [-0.2, -0.15) is 13.2 Å². The maximum absolute atomic E-state index is 14.3. The lowest BCUT2D eigenvalue weighted by molar-refractivity contribution is -0.184. The molecule has 0 aliphatic carbocycles. The number of halogens is 3. The van der Waals surface area contributed by atoms with Crippen molar-refractivity contribution >= 4 is 22.6 Å². The van der Waals surface area contributed by atoms with Crippen molar-refractivity contribution in [1.82, 2.24) is 29.8 Å². The van der Waals surface area contributed by atoms with Crippen LogP contribution in [0.25, 0.3) is 28.1 Å². The van der Waals surface area contributed by atoms with E-state index in [0.29, 0.717) is 29.2 Å². The Morgan fingerprint density at radius 1 is 1.21 bits per heavy atom. The Balaban J connectivity index is 1.52. The van der Waals surface area contributed by atoms with Gasteiger partial charge in [0.15, 0.2) is 11.5 Å². The Morgan fingerprint density at radius 2 is 2.03 bits per heavy atom. The maximum Gasteiger partial charge on any atom is 0.408 e. The lowest BCUT2D eigenvalue weighted by Gasteiger charge is -2.30. The van der Waals surface area contributed by atoms with E-state index in [1.807, 2.05) is 25.1 Å². The highest BCUT2D eigenvalue weighted by atomic mass is 19.4. The summed E-state index contributed by atoms with van der Waals surface area (Å²) >= 11 is 0. The number of alkyl halides is 3. The number of para-hydroxylation sites is 1. The largest absolute Gasteiger partial charge is 0.486 e. The Bertz CT molecular complexity index is 1490. The second-order valence-corrected chi connectivity index (χ2v) is 9.50. The van der Waals surface area contributed by atoms with Crippen LogP contribution in [0.3, 0.4) is 0 Å². The van der Waals surface area contributed by atoms with Crippen LogP contribution < -0.4 is 10.1 Å². The van der Waals surface area contributed by atoms with Crippen molar-refractivity contribution < 1.29 is 32.5 Å². The molecule has 3 atom stereocenters. The SMILES string of the molecule is COC[C@@H](C)Oc1cccc2ccc(-c3nnc4ccc([C@@H](N5CC[C@H](NC(=O)O)C5)C(F)(F)F)cn34)nc12. The van der Waals surface area contributed by atoms with Gasteiger partial charge in [-0.3, -0.25) is 9.30 Å². The van der Waals surface area contributed by atoms with E-state index in [4.69, 9.17) is 19.6 Å². The first kappa shape index (κ1) is 26.6. The minimum atomic E-state index is -4.59. The number of nitrogens with zero attached hydrogens (tertiary/aromatic N) is 5. The number of fused-ring (bicyclic) bond motifs is 2. The van der Waals surface area contributed by atoms with E-state index in [2.05, 4.69) is 15.5 Å². The first-order valence-electron chi connectivity index (χ1n) is 12.3. The molecule has 0 bridgehead atoms. The number of aromatic nitrogens is 4. The molecule has 0 radical (unpaired) electrons. The molecule has 3 aromatic heterocycles. The van der Waals surface area contributed by atoms with Crippen molar-refractivity contribution in [3.8, 4) is 17.3 Å². The summed E-state index contributed by atoms with van der Waals surface area (Å²) in [7, 11) is 1.59. The summed E-state index contributed by atoms with van der Waals surface area (Å²) in [5, 5.41) is 20.4. The molecule has 1 amide bonds. The number of hydrogen-bond acceptors (Lipinski definition) is 7. The van der Waals surface area contributed by atoms with Gasteiger partial charge in [-0.05, 0) is 37.1 Å². The van der Waals surface area contributed by atoms with Crippen LogP contribution in [0.15, 0.2) is 48.7 Å². The van der Waals surface area contributed by atoms with Crippen LogP contribution in [0.5, 0.6) is 5.75 Å². The van der Waals surface area contributed by atoms with Gasteiger partial charge in [0.25, 0.3) is 0 Å². The number of methoxy groups -OCH3 is 1. The summed E-state index contributed by atoms with van der Waals surface area (Å²) in [6.07, 6.45) is -4.42. The summed E-state index contributed by atoms with van der Waals surface area (Å²) in [5.74, 6) is 0.824. The van der Waals surface area contributed by atoms with Gasteiger partial charge in [0.1, 0.15) is 29.1 Å². The Labute approximate surface area is 221 Å². The van der Waals surface area contributed by atoms with Crippen LogP contribution in [0.2, 0.25) is 0 Å². The molecule has 10 nitrogen and oxygen atoms in total. The number of likely N-dealkylation sites (tertiary alicyclic amines) is 1. The molecule has 2 N–H and O–H groups in total. The quantitative estimate of drug-likeness (QED) is 0.338. The van der Waals surface area contributed by atoms with E-state index in [9.17, 15) is 18.0 Å². The van der Waals surface area contributed by atoms with E-state index in [0.717, 1.165) is 5.39 Å². The number of amides is 1. The third-order valence-electron chi connectivity index (χ3n) is 6.61. The van der Waals surface area contributed by atoms with Gasteiger partial charge >= 0.3 is 12.3 Å². The Kier molecular flexibility index (Phi) is 7.28. The monoisotopic (exact) mass is 544 g/mol. The van der Waals surface area contributed by atoms with Crippen molar-refractivity contribution in [2.45, 2.75) is 37.7 Å². The second-order valence-electron chi connectivity index (χ2n) is 9.50. The van der Waals surface area contributed by atoms with Crippen molar-refractivity contribution in [3.63, 3.8) is 0 Å². The van der Waals surface area contributed by atoms with Gasteiger partial charge in [-0.15, -0.1) is 10.2 Å². The fourth-order valence-corrected chi connectivity index (χ4v) is 4.99. The smallest absolute Gasteiger partial charge is 0.408 e. The number of benzene rings is 1. The molecule has 206 valence electrons. The average Bonchev–Trinajstić information content (AvgIpc) is 3.50. The number of pyridine rings is 2. The summed E-state index contributed by atoms with van der Waals surface area (Å²) in [4.78, 5) is 17.0. The summed E-state index contributed by atoms with van der Waals surface area (Å²) < 4.78 is 55.6. The molecular weight excluding hydrogens is 517 g/mol. The zero-order valence-corrected chi connectivity index (χ0v) is 21.2. The molecule has 1 saturated heterocycles. The first-order chi connectivity index (χ1) is 18.6. The topological polar surface area (TPSA) is 114 Å². The van der Waals surface area contributed by atoms with Crippen LogP contribution in [0, 0.1) is 0 Å².